The summed E-state index contributed by atoms with van der Waals surface area (Å²) in [6, 6.07) is 17.0. The molecule has 1 N–H and O–H groups in total. The fourth-order valence-corrected chi connectivity index (χ4v) is 5.08. The molecule has 5 aromatic rings. The van der Waals surface area contributed by atoms with E-state index in [1.807, 2.05) is 56.3 Å². The molecule has 1 amide bonds. The van der Waals surface area contributed by atoms with Crippen molar-refractivity contribution in [3.63, 3.8) is 0 Å². The molecule has 39 heavy (non-hydrogen) atoms. The summed E-state index contributed by atoms with van der Waals surface area (Å²) in [6.45, 7) is 3.75. The lowest BCUT2D eigenvalue weighted by atomic mass is 10.1. The molecule has 0 unspecified atom stereocenters. The molecule has 0 fully saturated rings. The predicted molar refractivity (Wildman–Crippen MR) is 150 cm³/mol. The van der Waals surface area contributed by atoms with Crippen LogP contribution in [0.1, 0.15) is 11.1 Å². The summed E-state index contributed by atoms with van der Waals surface area (Å²) >= 11 is 1.43. The van der Waals surface area contributed by atoms with E-state index in [1.165, 1.54) is 11.3 Å². The number of para-hydroxylation sites is 1. The molecule has 3 aromatic carbocycles. The van der Waals surface area contributed by atoms with Crippen molar-refractivity contribution in [3.05, 3.63) is 65.7 Å². The van der Waals surface area contributed by atoms with Gasteiger partial charge in [0.2, 0.25) is 5.75 Å². The van der Waals surface area contributed by atoms with Crippen molar-refractivity contribution in [2.45, 2.75) is 13.8 Å². The molecule has 0 radical (unpaired) electrons. The zero-order chi connectivity index (χ0) is 27.5. The number of carbonyl (C=O) groups is 1. The Hall–Kier alpha value is -4.57. The molecule has 0 spiro atoms. The minimum atomic E-state index is -0.291. The molecule has 0 saturated carbocycles. The van der Waals surface area contributed by atoms with Gasteiger partial charge in [0.05, 0.1) is 31.5 Å². The van der Waals surface area contributed by atoms with E-state index in [0.717, 1.165) is 32.5 Å². The van der Waals surface area contributed by atoms with Gasteiger partial charge in [-0.3, -0.25) is 10.1 Å². The third kappa shape index (κ3) is 5.37. The molecule has 0 aliphatic rings. The molecular weight excluding hydrogens is 518 g/mol. The third-order valence-corrected chi connectivity index (χ3v) is 7.11. The number of hydrogen-bond acceptors (Lipinski definition) is 9. The maximum Gasteiger partial charge on any atom is 0.264 e. The number of benzene rings is 3. The highest BCUT2D eigenvalue weighted by Crippen LogP contribution is 2.41. The van der Waals surface area contributed by atoms with Crippen LogP contribution in [0.3, 0.4) is 0 Å². The highest BCUT2D eigenvalue weighted by atomic mass is 32.1. The van der Waals surface area contributed by atoms with Crippen molar-refractivity contribution in [2.75, 3.05) is 33.3 Å². The maximum absolute atomic E-state index is 12.6. The van der Waals surface area contributed by atoms with E-state index in [0.29, 0.717) is 39.6 Å². The zero-order valence-electron chi connectivity index (χ0n) is 22.2. The van der Waals surface area contributed by atoms with E-state index in [1.54, 1.807) is 33.5 Å². The second-order valence-corrected chi connectivity index (χ2v) is 9.78. The fraction of sp³-hybridized carbons (Fsp3) is 0.207. The van der Waals surface area contributed by atoms with E-state index in [9.17, 15) is 4.79 Å². The number of nitrogens with one attached hydrogen (secondary N) is 1. The molecule has 5 rings (SSSR count). The zero-order valence-corrected chi connectivity index (χ0v) is 23.0. The number of hydrogen-bond donors (Lipinski definition) is 1. The number of aromatic nitrogens is 2. The largest absolute Gasteiger partial charge is 0.493 e. The minimum Gasteiger partial charge on any atom is -0.493 e. The number of carbonyl (C=O) groups excluding carboxylic acids is 1. The van der Waals surface area contributed by atoms with Crippen LogP contribution < -0.4 is 24.3 Å². The second kappa shape index (κ2) is 11.0. The van der Waals surface area contributed by atoms with Gasteiger partial charge < -0.3 is 23.5 Å². The third-order valence-electron chi connectivity index (χ3n) is 6.17. The highest BCUT2D eigenvalue weighted by Gasteiger charge is 2.18. The van der Waals surface area contributed by atoms with Crippen LogP contribution in [0, 0.1) is 13.8 Å². The van der Waals surface area contributed by atoms with E-state index in [-0.39, 0.29) is 12.5 Å². The lowest BCUT2D eigenvalue weighted by Gasteiger charge is -2.13. The van der Waals surface area contributed by atoms with Gasteiger partial charge in [0.25, 0.3) is 5.91 Å². The molecule has 2 aromatic heterocycles. The Bertz CT molecular complexity index is 1630. The number of ether oxygens (including phenoxy) is 4. The standard InChI is InChI=1S/C29H27N3O6S/c1-16-9-10-18(22-14-20(32-38-22)19-12-23(34-3)28(36-5)24(13-19)35-4)11-21(16)37-15-26(33)30-29-31-27-17(2)7-6-8-25(27)39-29/h6-14H,15H2,1-5H3,(H,30,31,33). The normalized spacial score (nSPS) is 10.9. The number of anilines is 1. The van der Waals surface area contributed by atoms with Crippen molar-refractivity contribution in [1.29, 1.82) is 0 Å². The summed E-state index contributed by atoms with van der Waals surface area (Å²) in [5.74, 6) is 2.34. The summed E-state index contributed by atoms with van der Waals surface area (Å²) in [7, 11) is 4.67. The summed E-state index contributed by atoms with van der Waals surface area (Å²) in [4.78, 5) is 17.1. The first-order chi connectivity index (χ1) is 18.9. The Labute approximate surface area is 229 Å². The Balaban J connectivity index is 1.31. The van der Waals surface area contributed by atoms with Crippen LogP contribution >= 0.6 is 11.3 Å². The molecule has 10 heteroatoms. The van der Waals surface area contributed by atoms with E-state index >= 15 is 0 Å². The number of rotatable bonds is 9. The van der Waals surface area contributed by atoms with Crippen LogP contribution in [0.5, 0.6) is 23.0 Å². The Kier molecular flexibility index (Phi) is 7.38. The molecule has 0 saturated heterocycles. The lowest BCUT2D eigenvalue weighted by molar-refractivity contribution is -0.118. The minimum absolute atomic E-state index is 0.160. The molecule has 2 heterocycles. The predicted octanol–water partition coefficient (Wildman–Crippen LogP) is 6.28. The molecule has 200 valence electrons. The average Bonchev–Trinajstić information content (AvgIpc) is 3.60. The van der Waals surface area contributed by atoms with Crippen LogP contribution in [0.4, 0.5) is 5.13 Å². The molecule has 0 bridgehead atoms. The van der Waals surface area contributed by atoms with Gasteiger partial charge in [0, 0.05) is 17.2 Å². The quantitative estimate of drug-likeness (QED) is 0.231. The van der Waals surface area contributed by atoms with E-state index in [4.69, 9.17) is 23.5 Å². The molecule has 9 nitrogen and oxygen atoms in total. The number of fused-ring (bicyclic) bond motifs is 1. The fourth-order valence-electron chi connectivity index (χ4n) is 4.12. The van der Waals surface area contributed by atoms with Crippen molar-refractivity contribution in [2.24, 2.45) is 0 Å². The number of methoxy groups -OCH3 is 3. The van der Waals surface area contributed by atoms with E-state index < -0.39 is 0 Å². The van der Waals surface area contributed by atoms with Gasteiger partial charge in [0.1, 0.15) is 11.4 Å². The summed E-state index contributed by atoms with van der Waals surface area (Å²) < 4.78 is 28.8. The monoisotopic (exact) mass is 545 g/mol. The molecule has 0 aliphatic heterocycles. The Morgan fingerprint density at radius 2 is 1.64 bits per heavy atom. The molecular formula is C29H27N3O6S. The van der Waals surface area contributed by atoms with Crippen LogP contribution in [0.2, 0.25) is 0 Å². The first-order valence-electron chi connectivity index (χ1n) is 12.1. The van der Waals surface area contributed by atoms with Gasteiger partial charge in [-0.2, -0.15) is 0 Å². The first-order valence-corrected chi connectivity index (χ1v) is 12.9. The number of nitrogens with zero attached hydrogens (tertiary/aromatic N) is 2. The van der Waals surface area contributed by atoms with Crippen molar-refractivity contribution in [3.8, 4) is 45.6 Å². The second-order valence-electron chi connectivity index (χ2n) is 8.75. The SMILES string of the molecule is COc1cc(-c2cc(-c3ccc(C)c(OCC(=O)Nc4nc5c(C)cccc5s4)c3)on2)cc(OC)c1OC. The number of amides is 1. The molecule has 0 atom stereocenters. The highest BCUT2D eigenvalue weighted by molar-refractivity contribution is 7.22. The van der Waals surface area contributed by atoms with Gasteiger partial charge in [-0.15, -0.1) is 0 Å². The van der Waals surface area contributed by atoms with Crippen LogP contribution in [0.25, 0.3) is 32.8 Å². The van der Waals surface area contributed by atoms with Gasteiger partial charge >= 0.3 is 0 Å². The van der Waals surface area contributed by atoms with Crippen molar-refractivity contribution < 1.29 is 28.3 Å². The average molecular weight is 546 g/mol. The van der Waals surface area contributed by atoms with E-state index in [2.05, 4.69) is 15.5 Å². The summed E-state index contributed by atoms with van der Waals surface area (Å²) in [5, 5.41) is 7.60. The Morgan fingerprint density at radius 3 is 2.33 bits per heavy atom. The van der Waals surface area contributed by atoms with Crippen LogP contribution in [0.15, 0.2) is 59.1 Å². The first kappa shape index (κ1) is 26.1. The van der Waals surface area contributed by atoms with Crippen molar-refractivity contribution in [1.82, 2.24) is 10.1 Å². The summed E-state index contributed by atoms with van der Waals surface area (Å²) in [5.41, 5.74) is 4.92. The smallest absolute Gasteiger partial charge is 0.264 e. The van der Waals surface area contributed by atoms with Gasteiger partial charge in [-0.25, -0.2) is 4.98 Å². The Morgan fingerprint density at radius 1 is 0.897 bits per heavy atom. The van der Waals surface area contributed by atoms with Crippen LogP contribution in [-0.4, -0.2) is 44.0 Å². The summed E-state index contributed by atoms with van der Waals surface area (Å²) in [6.07, 6.45) is 0. The van der Waals surface area contributed by atoms with Crippen LogP contribution in [-0.2, 0) is 4.79 Å². The molecule has 0 aliphatic carbocycles. The van der Waals surface area contributed by atoms with Crippen molar-refractivity contribution >= 4 is 32.6 Å². The van der Waals surface area contributed by atoms with Gasteiger partial charge in [-0.05, 0) is 49.2 Å². The number of thiazole rings is 1. The lowest BCUT2D eigenvalue weighted by Crippen LogP contribution is -2.20. The maximum atomic E-state index is 12.6. The van der Waals surface area contributed by atoms with Gasteiger partial charge in [0.15, 0.2) is 29.0 Å². The number of aryl methyl sites for hydroxylation is 2. The topological polar surface area (TPSA) is 105 Å². The van der Waals surface area contributed by atoms with Gasteiger partial charge in [-0.1, -0.05) is 40.8 Å².